The van der Waals surface area contributed by atoms with E-state index in [1.54, 1.807) is 0 Å². The summed E-state index contributed by atoms with van der Waals surface area (Å²) < 4.78 is 39.0. The lowest BCUT2D eigenvalue weighted by atomic mass is 10.1. The second-order valence-electron chi connectivity index (χ2n) is 5.41. The van der Waals surface area contributed by atoms with E-state index >= 15 is 0 Å². The summed E-state index contributed by atoms with van der Waals surface area (Å²) in [4.78, 5) is 11.9. The second-order valence-corrected chi connectivity index (χ2v) is 6.35. The number of nitrogens with one attached hydrogen (secondary N) is 1. The molecule has 0 radical (unpaired) electrons. The predicted molar refractivity (Wildman–Crippen MR) is 97.1 cm³/mol. The number of nitrogens with zero attached hydrogens (tertiary/aromatic N) is 5. The molecular formula is C17H13F3N6OS. The second kappa shape index (κ2) is 8.65. The molecule has 3 rings (SSSR count). The van der Waals surface area contributed by atoms with Crippen molar-refractivity contribution < 1.29 is 18.0 Å². The van der Waals surface area contributed by atoms with Crippen LogP contribution in [0, 0.1) is 0 Å². The molecule has 0 saturated carbocycles. The number of carbonyl (C=O) groups excluding carboxylic acids is 1. The Labute approximate surface area is 161 Å². The number of para-hydroxylation sites is 1. The number of benzene rings is 2. The van der Waals surface area contributed by atoms with Gasteiger partial charge in [-0.1, -0.05) is 42.1 Å². The molecule has 28 heavy (non-hydrogen) atoms. The van der Waals surface area contributed by atoms with Crippen molar-refractivity contribution in [3.8, 4) is 5.69 Å². The van der Waals surface area contributed by atoms with Gasteiger partial charge in [0.05, 0.1) is 23.2 Å². The highest BCUT2D eigenvalue weighted by atomic mass is 32.2. The van der Waals surface area contributed by atoms with Crippen molar-refractivity contribution in [2.45, 2.75) is 11.3 Å². The van der Waals surface area contributed by atoms with E-state index in [4.69, 9.17) is 0 Å². The van der Waals surface area contributed by atoms with Gasteiger partial charge in [-0.3, -0.25) is 4.79 Å². The van der Waals surface area contributed by atoms with E-state index in [9.17, 15) is 18.0 Å². The first-order valence-electron chi connectivity index (χ1n) is 7.89. The van der Waals surface area contributed by atoms with Crippen molar-refractivity contribution in [3.05, 3.63) is 65.7 Å². The molecule has 144 valence electrons. The van der Waals surface area contributed by atoms with Gasteiger partial charge in [-0.25, -0.2) is 5.43 Å². The van der Waals surface area contributed by atoms with Gasteiger partial charge in [-0.05, 0) is 40.3 Å². The molecular weight excluding hydrogens is 393 g/mol. The van der Waals surface area contributed by atoms with E-state index in [0.717, 1.165) is 29.6 Å². The van der Waals surface area contributed by atoms with Gasteiger partial charge in [0, 0.05) is 0 Å². The molecule has 0 saturated heterocycles. The summed E-state index contributed by atoms with van der Waals surface area (Å²) in [5.41, 5.74) is 2.74. The SMILES string of the molecule is O=C(CSc1nnnn1-c1ccccc1)N/N=C/c1ccc(C(F)(F)F)cc1. The standard InChI is InChI=1S/C17H13F3N6OS/c18-17(19,20)13-8-6-12(7-9-13)10-21-22-15(27)11-28-16-23-24-25-26(16)14-4-2-1-3-5-14/h1-10H,11H2,(H,22,27)/b21-10+. The highest BCUT2D eigenvalue weighted by Crippen LogP contribution is 2.28. The minimum Gasteiger partial charge on any atom is -0.272 e. The van der Waals surface area contributed by atoms with E-state index in [2.05, 4.69) is 26.1 Å². The Morgan fingerprint density at radius 3 is 2.54 bits per heavy atom. The highest BCUT2D eigenvalue weighted by Gasteiger charge is 2.29. The summed E-state index contributed by atoms with van der Waals surface area (Å²) in [5.74, 6) is -0.395. The first-order valence-corrected chi connectivity index (χ1v) is 8.88. The molecule has 1 heterocycles. The summed E-state index contributed by atoms with van der Waals surface area (Å²) in [6.45, 7) is 0. The van der Waals surface area contributed by atoms with Crippen molar-refractivity contribution >= 4 is 23.9 Å². The first-order chi connectivity index (χ1) is 13.4. The predicted octanol–water partition coefficient (Wildman–Crippen LogP) is 2.92. The molecule has 0 aliphatic rings. The average Bonchev–Trinajstić information content (AvgIpc) is 3.15. The number of hydrogen-bond acceptors (Lipinski definition) is 6. The van der Waals surface area contributed by atoms with Crippen LogP contribution in [0.25, 0.3) is 5.69 Å². The largest absolute Gasteiger partial charge is 0.416 e. The van der Waals surface area contributed by atoms with Crippen molar-refractivity contribution in [1.29, 1.82) is 0 Å². The highest BCUT2D eigenvalue weighted by molar-refractivity contribution is 7.99. The lowest BCUT2D eigenvalue weighted by molar-refractivity contribution is -0.137. The maximum atomic E-state index is 12.5. The van der Waals surface area contributed by atoms with Crippen LogP contribution >= 0.6 is 11.8 Å². The Morgan fingerprint density at radius 2 is 1.86 bits per heavy atom. The van der Waals surface area contributed by atoms with Crippen molar-refractivity contribution in [2.24, 2.45) is 5.10 Å². The quantitative estimate of drug-likeness (QED) is 0.387. The van der Waals surface area contributed by atoms with Crippen molar-refractivity contribution in [1.82, 2.24) is 25.6 Å². The van der Waals surface area contributed by atoms with Gasteiger partial charge in [-0.2, -0.15) is 23.0 Å². The summed E-state index contributed by atoms with van der Waals surface area (Å²) >= 11 is 1.12. The van der Waals surface area contributed by atoms with Gasteiger partial charge in [0.2, 0.25) is 5.16 Å². The van der Waals surface area contributed by atoms with E-state index in [1.165, 1.54) is 23.0 Å². The van der Waals surface area contributed by atoms with E-state index in [0.29, 0.717) is 10.7 Å². The van der Waals surface area contributed by atoms with Crippen LogP contribution < -0.4 is 5.43 Å². The zero-order chi connectivity index (χ0) is 20.0. The van der Waals surface area contributed by atoms with Crippen molar-refractivity contribution in [3.63, 3.8) is 0 Å². The van der Waals surface area contributed by atoms with Crippen LogP contribution in [0.15, 0.2) is 64.9 Å². The number of hydrazone groups is 1. The molecule has 0 atom stereocenters. The zero-order valence-corrected chi connectivity index (χ0v) is 15.0. The van der Waals surface area contributed by atoms with Crippen LogP contribution in [0.4, 0.5) is 13.2 Å². The van der Waals surface area contributed by atoms with Crippen LogP contribution in [0.1, 0.15) is 11.1 Å². The summed E-state index contributed by atoms with van der Waals surface area (Å²) in [6.07, 6.45) is -3.13. The number of alkyl halides is 3. The number of thioether (sulfide) groups is 1. The number of rotatable bonds is 6. The Balaban J connectivity index is 1.52. The normalized spacial score (nSPS) is 11.7. The molecule has 0 fully saturated rings. The third kappa shape index (κ3) is 5.16. The van der Waals surface area contributed by atoms with Crippen LogP contribution in [0.5, 0.6) is 0 Å². The number of aromatic nitrogens is 4. The molecule has 7 nitrogen and oxygen atoms in total. The molecule has 1 N–H and O–H groups in total. The van der Waals surface area contributed by atoms with Gasteiger partial charge in [-0.15, -0.1) is 5.10 Å². The molecule has 2 aromatic carbocycles. The third-order valence-corrected chi connectivity index (χ3v) is 4.33. The maximum absolute atomic E-state index is 12.5. The molecule has 0 bridgehead atoms. The molecule has 3 aromatic rings. The lowest BCUT2D eigenvalue weighted by Crippen LogP contribution is -2.20. The van der Waals surface area contributed by atoms with Gasteiger partial charge >= 0.3 is 6.18 Å². The Hall–Kier alpha value is -3.21. The van der Waals surface area contributed by atoms with Crippen molar-refractivity contribution in [2.75, 3.05) is 5.75 Å². The number of tetrazole rings is 1. The smallest absolute Gasteiger partial charge is 0.272 e. The van der Waals surface area contributed by atoms with Gasteiger partial charge in [0.1, 0.15) is 0 Å². The number of halogens is 3. The van der Waals surface area contributed by atoms with Gasteiger partial charge in [0.15, 0.2) is 0 Å². The fourth-order valence-corrected chi connectivity index (χ4v) is 2.78. The van der Waals surface area contributed by atoms with E-state index in [-0.39, 0.29) is 5.75 Å². The average molecular weight is 406 g/mol. The maximum Gasteiger partial charge on any atom is 0.416 e. The van der Waals surface area contributed by atoms with Crippen LogP contribution in [0.2, 0.25) is 0 Å². The fraction of sp³-hybridized carbons (Fsp3) is 0.118. The summed E-state index contributed by atoms with van der Waals surface area (Å²) in [5, 5.41) is 15.5. The third-order valence-electron chi connectivity index (χ3n) is 3.41. The molecule has 1 amide bonds. The molecule has 0 unspecified atom stereocenters. The van der Waals surface area contributed by atoms with E-state index < -0.39 is 17.6 Å². The Kier molecular flexibility index (Phi) is 6.04. The zero-order valence-electron chi connectivity index (χ0n) is 14.2. The van der Waals surface area contributed by atoms with Crippen LogP contribution in [0.3, 0.4) is 0 Å². The lowest BCUT2D eigenvalue weighted by Gasteiger charge is -2.05. The molecule has 0 aliphatic heterocycles. The number of carbonyl (C=O) groups is 1. The van der Waals surface area contributed by atoms with Crippen LogP contribution in [-0.2, 0) is 11.0 Å². The monoisotopic (exact) mass is 406 g/mol. The van der Waals surface area contributed by atoms with Crippen LogP contribution in [-0.4, -0.2) is 38.1 Å². The van der Waals surface area contributed by atoms with E-state index in [1.807, 2.05) is 30.3 Å². The minimum atomic E-state index is -4.39. The molecule has 0 spiro atoms. The topological polar surface area (TPSA) is 85.1 Å². The Morgan fingerprint density at radius 1 is 1.14 bits per heavy atom. The van der Waals surface area contributed by atoms with Gasteiger partial charge in [0.25, 0.3) is 5.91 Å². The van der Waals surface area contributed by atoms with Gasteiger partial charge < -0.3 is 0 Å². The molecule has 0 aliphatic carbocycles. The first kappa shape index (κ1) is 19.5. The minimum absolute atomic E-state index is 0.0115. The number of amides is 1. The summed E-state index contributed by atoms with van der Waals surface area (Å²) in [6, 6.07) is 13.6. The molecule has 11 heteroatoms. The fourth-order valence-electron chi connectivity index (χ4n) is 2.10. The number of hydrogen-bond donors (Lipinski definition) is 1. The Bertz CT molecular complexity index is 957. The summed E-state index contributed by atoms with van der Waals surface area (Å²) in [7, 11) is 0. The molecule has 1 aromatic heterocycles.